The van der Waals surface area contributed by atoms with Gasteiger partial charge in [-0.3, -0.25) is 4.90 Å². The van der Waals surface area contributed by atoms with Gasteiger partial charge in [0.2, 0.25) is 0 Å². The topological polar surface area (TPSA) is 29.3 Å². The maximum Gasteiger partial charge on any atom is 0.125 e. The quantitative estimate of drug-likeness (QED) is 0.918. The first-order chi connectivity index (χ1) is 9.42. The van der Waals surface area contributed by atoms with Gasteiger partial charge in [0.05, 0.1) is 0 Å². The van der Waals surface area contributed by atoms with Crippen LogP contribution in [0, 0.1) is 17.7 Å². The first-order valence-corrected chi connectivity index (χ1v) is 7.72. The molecule has 1 aliphatic heterocycles. The van der Waals surface area contributed by atoms with Crippen LogP contribution in [0.2, 0.25) is 5.02 Å². The molecule has 20 heavy (non-hydrogen) atoms. The van der Waals surface area contributed by atoms with Gasteiger partial charge < -0.3 is 5.73 Å². The summed E-state index contributed by atoms with van der Waals surface area (Å²) >= 11 is 5.98. The maximum atomic E-state index is 13.6. The lowest BCUT2D eigenvalue weighted by Crippen LogP contribution is -2.49. The Labute approximate surface area is 126 Å². The second-order valence-electron chi connectivity index (χ2n) is 6.21. The monoisotopic (exact) mass is 298 g/mol. The number of nitrogens with two attached hydrogens (primary N) is 1. The zero-order valence-electron chi connectivity index (χ0n) is 12.4. The van der Waals surface area contributed by atoms with Crippen LogP contribution in [0.4, 0.5) is 4.39 Å². The standard InChI is InChI=1S/C16H24ClFN2/c1-10-4-11(2)12(3)20(9-10)16(8-19)13-5-14(17)7-15(18)6-13/h5-7,10-12,16H,4,8-9,19H2,1-3H3. The summed E-state index contributed by atoms with van der Waals surface area (Å²) < 4.78 is 13.6. The third-order valence-corrected chi connectivity index (χ3v) is 4.75. The van der Waals surface area contributed by atoms with E-state index in [4.69, 9.17) is 17.3 Å². The van der Waals surface area contributed by atoms with Crippen molar-refractivity contribution in [2.75, 3.05) is 13.1 Å². The molecule has 4 atom stereocenters. The van der Waals surface area contributed by atoms with Gasteiger partial charge in [0.1, 0.15) is 5.82 Å². The molecule has 1 aromatic carbocycles. The minimum atomic E-state index is -0.295. The fourth-order valence-corrected chi connectivity index (χ4v) is 3.63. The predicted octanol–water partition coefficient (Wildman–Crippen LogP) is 3.85. The third kappa shape index (κ3) is 3.33. The molecule has 1 aromatic rings. The van der Waals surface area contributed by atoms with E-state index in [1.165, 1.54) is 12.5 Å². The Bertz CT molecular complexity index is 446. The van der Waals surface area contributed by atoms with Gasteiger partial charge in [0, 0.05) is 30.2 Å². The van der Waals surface area contributed by atoms with E-state index in [0.29, 0.717) is 29.4 Å². The average molecular weight is 299 g/mol. The van der Waals surface area contributed by atoms with E-state index < -0.39 is 0 Å². The van der Waals surface area contributed by atoms with E-state index in [1.54, 1.807) is 6.07 Å². The third-order valence-electron chi connectivity index (χ3n) is 4.54. The largest absolute Gasteiger partial charge is 0.329 e. The lowest BCUT2D eigenvalue weighted by atomic mass is 9.84. The van der Waals surface area contributed by atoms with Crippen molar-refractivity contribution >= 4 is 11.6 Å². The molecule has 0 radical (unpaired) electrons. The van der Waals surface area contributed by atoms with Crippen molar-refractivity contribution in [3.63, 3.8) is 0 Å². The number of hydrogen-bond donors (Lipinski definition) is 1. The van der Waals surface area contributed by atoms with Crippen molar-refractivity contribution in [2.24, 2.45) is 17.6 Å². The average Bonchev–Trinajstić information content (AvgIpc) is 2.34. The zero-order valence-corrected chi connectivity index (χ0v) is 13.2. The molecule has 4 unspecified atom stereocenters. The van der Waals surface area contributed by atoms with Crippen LogP contribution in [-0.4, -0.2) is 24.0 Å². The Balaban J connectivity index is 2.30. The van der Waals surface area contributed by atoms with Gasteiger partial charge in [0.15, 0.2) is 0 Å². The SMILES string of the molecule is CC1CC(C)C(C)N(C(CN)c2cc(F)cc(Cl)c2)C1. The lowest BCUT2D eigenvalue weighted by molar-refractivity contribution is 0.0423. The van der Waals surface area contributed by atoms with Crippen molar-refractivity contribution in [1.82, 2.24) is 4.90 Å². The highest BCUT2D eigenvalue weighted by atomic mass is 35.5. The van der Waals surface area contributed by atoms with E-state index in [2.05, 4.69) is 25.7 Å². The van der Waals surface area contributed by atoms with E-state index >= 15 is 0 Å². The van der Waals surface area contributed by atoms with Crippen LogP contribution in [0.5, 0.6) is 0 Å². The number of hydrogen-bond acceptors (Lipinski definition) is 2. The Morgan fingerprint density at radius 3 is 2.65 bits per heavy atom. The molecule has 0 aromatic heterocycles. The van der Waals surface area contributed by atoms with Crippen LogP contribution < -0.4 is 5.73 Å². The highest BCUT2D eigenvalue weighted by Crippen LogP contribution is 2.34. The van der Waals surface area contributed by atoms with Gasteiger partial charge >= 0.3 is 0 Å². The molecule has 2 nitrogen and oxygen atoms in total. The van der Waals surface area contributed by atoms with Crippen molar-refractivity contribution in [3.8, 4) is 0 Å². The van der Waals surface area contributed by atoms with Gasteiger partial charge in [-0.2, -0.15) is 0 Å². The van der Waals surface area contributed by atoms with Crippen LogP contribution in [-0.2, 0) is 0 Å². The summed E-state index contributed by atoms with van der Waals surface area (Å²) in [6, 6.07) is 5.20. The molecule has 4 heteroatoms. The van der Waals surface area contributed by atoms with Gasteiger partial charge in [-0.25, -0.2) is 4.39 Å². The second kappa shape index (κ2) is 6.42. The molecule has 1 heterocycles. The van der Waals surface area contributed by atoms with Crippen LogP contribution in [0.1, 0.15) is 38.8 Å². The summed E-state index contributed by atoms with van der Waals surface area (Å²) in [6.45, 7) is 8.26. The number of rotatable bonds is 3. The van der Waals surface area contributed by atoms with E-state index in [9.17, 15) is 4.39 Å². The Morgan fingerprint density at radius 2 is 2.05 bits per heavy atom. The zero-order chi connectivity index (χ0) is 14.9. The molecular formula is C16H24ClFN2. The lowest BCUT2D eigenvalue weighted by Gasteiger charge is -2.45. The minimum Gasteiger partial charge on any atom is -0.329 e. The minimum absolute atomic E-state index is 0.0309. The maximum absolute atomic E-state index is 13.6. The Kier molecular flexibility index (Phi) is 5.05. The molecule has 0 saturated carbocycles. The molecule has 2 N–H and O–H groups in total. The summed E-state index contributed by atoms with van der Waals surface area (Å²) in [6.07, 6.45) is 1.23. The van der Waals surface area contributed by atoms with Crippen molar-refractivity contribution in [1.29, 1.82) is 0 Å². The Hall–Kier alpha value is -0.640. The molecule has 0 spiro atoms. The number of likely N-dealkylation sites (tertiary alicyclic amines) is 1. The molecule has 112 valence electrons. The van der Waals surface area contributed by atoms with Crippen molar-refractivity contribution < 1.29 is 4.39 Å². The van der Waals surface area contributed by atoms with Crippen LogP contribution in [0.3, 0.4) is 0 Å². The van der Waals surface area contributed by atoms with E-state index in [1.807, 2.05) is 6.07 Å². The predicted molar refractivity (Wildman–Crippen MR) is 82.3 cm³/mol. The Morgan fingerprint density at radius 1 is 1.35 bits per heavy atom. The molecule has 1 saturated heterocycles. The van der Waals surface area contributed by atoms with Crippen LogP contribution >= 0.6 is 11.6 Å². The summed E-state index contributed by atoms with van der Waals surface area (Å²) in [4.78, 5) is 2.41. The van der Waals surface area contributed by atoms with Gasteiger partial charge in [0.25, 0.3) is 0 Å². The van der Waals surface area contributed by atoms with E-state index in [0.717, 1.165) is 12.1 Å². The van der Waals surface area contributed by atoms with Crippen molar-refractivity contribution in [3.05, 3.63) is 34.6 Å². The highest BCUT2D eigenvalue weighted by Gasteiger charge is 2.33. The number of halogens is 2. The summed E-state index contributed by atoms with van der Waals surface area (Å²) in [5, 5.41) is 0.434. The fourth-order valence-electron chi connectivity index (χ4n) is 3.40. The normalized spacial score (nSPS) is 29.4. The van der Waals surface area contributed by atoms with Crippen LogP contribution in [0.15, 0.2) is 18.2 Å². The molecule has 0 aliphatic carbocycles. The smallest absolute Gasteiger partial charge is 0.125 e. The molecule has 2 rings (SSSR count). The van der Waals surface area contributed by atoms with Crippen LogP contribution in [0.25, 0.3) is 0 Å². The molecule has 0 amide bonds. The van der Waals surface area contributed by atoms with E-state index in [-0.39, 0.29) is 11.9 Å². The van der Waals surface area contributed by atoms with Gasteiger partial charge in [-0.05, 0) is 48.9 Å². The first-order valence-electron chi connectivity index (χ1n) is 7.34. The summed E-state index contributed by atoms with van der Waals surface area (Å²) in [5.74, 6) is 0.966. The molecule has 1 aliphatic rings. The number of nitrogens with zero attached hydrogens (tertiary/aromatic N) is 1. The first kappa shape index (κ1) is 15.7. The molecular weight excluding hydrogens is 275 g/mol. The van der Waals surface area contributed by atoms with Crippen molar-refractivity contribution in [2.45, 2.75) is 39.3 Å². The van der Waals surface area contributed by atoms with Gasteiger partial charge in [-0.1, -0.05) is 25.4 Å². The highest BCUT2D eigenvalue weighted by molar-refractivity contribution is 6.30. The second-order valence-corrected chi connectivity index (χ2v) is 6.65. The molecule has 1 fully saturated rings. The number of piperidine rings is 1. The molecule has 0 bridgehead atoms. The summed E-state index contributed by atoms with van der Waals surface area (Å²) in [7, 11) is 0. The summed E-state index contributed by atoms with van der Waals surface area (Å²) in [5.41, 5.74) is 6.86. The van der Waals surface area contributed by atoms with Gasteiger partial charge in [-0.15, -0.1) is 0 Å². The number of benzene rings is 1. The fraction of sp³-hybridized carbons (Fsp3) is 0.625.